The fraction of sp³-hybridized carbons (Fsp3) is 0.750. The highest BCUT2D eigenvalue weighted by Crippen LogP contribution is 2.20. The second-order valence-corrected chi connectivity index (χ2v) is 5.27. The number of aromatic nitrogens is 2. The maximum atomic E-state index is 5.28. The monoisotopic (exact) mass is 223 g/mol. The lowest BCUT2D eigenvalue weighted by Gasteiger charge is -2.42. The average molecular weight is 223 g/mol. The van der Waals surface area contributed by atoms with E-state index in [-0.39, 0.29) is 5.54 Å². The molecule has 16 heavy (non-hydrogen) atoms. The van der Waals surface area contributed by atoms with E-state index in [1.54, 1.807) is 7.11 Å². The van der Waals surface area contributed by atoms with Crippen LogP contribution in [-0.4, -0.2) is 47.5 Å². The van der Waals surface area contributed by atoms with Crippen molar-refractivity contribution >= 4 is 0 Å². The molecule has 1 aliphatic rings. The first-order valence-electron chi connectivity index (χ1n) is 5.79. The zero-order chi connectivity index (χ0) is 11.8. The molecule has 0 radical (unpaired) electrons. The van der Waals surface area contributed by atoms with Crippen LogP contribution in [0.25, 0.3) is 0 Å². The van der Waals surface area contributed by atoms with Crippen LogP contribution in [0.1, 0.15) is 19.5 Å². The summed E-state index contributed by atoms with van der Waals surface area (Å²) in [4.78, 5) is 2.41. The van der Waals surface area contributed by atoms with Gasteiger partial charge in [0.25, 0.3) is 0 Å². The summed E-state index contributed by atoms with van der Waals surface area (Å²) in [6.45, 7) is 9.57. The van der Waals surface area contributed by atoms with Crippen LogP contribution in [0.5, 0.6) is 0 Å². The van der Waals surface area contributed by atoms with Gasteiger partial charge in [0.05, 0.1) is 17.3 Å². The third-order valence-corrected chi connectivity index (χ3v) is 3.21. The number of hydrogen-bond acceptors (Lipinski definition) is 3. The molecule has 0 aromatic carbocycles. The molecule has 0 saturated carbocycles. The van der Waals surface area contributed by atoms with Gasteiger partial charge in [-0.15, -0.1) is 0 Å². The first kappa shape index (κ1) is 11.6. The number of hydrogen-bond donors (Lipinski definition) is 0. The molecule has 1 aliphatic heterocycles. The Labute approximate surface area is 97.2 Å². The molecular weight excluding hydrogens is 202 g/mol. The minimum Gasteiger partial charge on any atom is -0.379 e. The van der Waals surface area contributed by atoms with Gasteiger partial charge in [0.2, 0.25) is 0 Å². The normalized spacial score (nSPS) is 18.8. The largest absolute Gasteiger partial charge is 0.379 e. The lowest BCUT2D eigenvalue weighted by molar-refractivity contribution is -0.0432. The van der Waals surface area contributed by atoms with Crippen molar-refractivity contribution in [2.45, 2.75) is 32.4 Å². The third kappa shape index (κ3) is 2.28. The predicted octanol–water partition coefficient (Wildman–Crippen LogP) is 1.26. The third-order valence-electron chi connectivity index (χ3n) is 3.21. The summed E-state index contributed by atoms with van der Waals surface area (Å²) in [7, 11) is 1.78. The lowest BCUT2D eigenvalue weighted by Crippen LogP contribution is -2.56. The number of likely N-dealkylation sites (tertiary alicyclic amines) is 1. The number of methoxy groups -OCH3 is 1. The molecule has 1 fully saturated rings. The molecule has 2 heterocycles. The van der Waals surface area contributed by atoms with Gasteiger partial charge in [-0.3, -0.25) is 9.58 Å². The van der Waals surface area contributed by atoms with Crippen molar-refractivity contribution in [1.82, 2.24) is 14.7 Å². The molecule has 1 aromatic heterocycles. The molecule has 2 rings (SSSR count). The molecule has 0 amide bonds. The SMILES string of the molecule is COC1CN(CC(C)(C)n2ccc(C)n2)C1. The van der Waals surface area contributed by atoms with E-state index >= 15 is 0 Å². The van der Waals surface area contributed by atoms with E-state index in [0.29, 0.717) is 6.10 Å². The summed E-state index contributed by atoms with van der Waals surface area (Å²) < 4.78 is 7.33. The quantitative estimate of drug-likeness (QED) is 0.770. The molecule has 90 valence electrons. The Morgan fingerprint density at radius 3 is 2.69 bits per heavy atom. The molecule has 4 heteroatoms. The van der Waals surface area contributed by atoms with Crippen molar-refractivity contribution in [2.75, 3.05) is 26.7 Å². The van der Waals surface area contributed by atoms with Crippen LogP contribution in [0.15, 0.2) is 12.3 Å². The van der Waals surface area contributed by atoms with Crippen LogP contribution < -0.4 is 0 Å². The number of aryl methyl sites for hydroxylation is 1. The number of ether oxygens (including phenoxy) is 1. The van der Waals surface area contributed by atoms with Gasteiger partial charge in [-0.1, -0.05) is 0 Å². The topological polar surface area (TPSA) is 30.3 Å². The molecule has 0 aliphatic carbocycles. The fourth-order valence-electron chi connectivity index (χ4n) is 2.17. The van der Waals surface area contributed by atoms with E-state index < -0.39 is 0 Å². The van der Waals surface area contributed by atoms with Gasteiger partial charge in [-0.25, -0.2) is 0 Å². The van der Waals surface area contributed by atoms with E-state index in [2.05, 4.69) is 40.8 Å². The second kappa shape index (κ2) is 4.18. The van der Waals surface area contributed by atoms with Crippen molar-refractivity contribution < 1.29 is 4.74 Å². The van der Waals surface area contributed by atoms with Crippen LogP contribution in [-0.2, 0) is 10.3 Å². The first-order chi connectivity index (χ1) is 7.51. The van der Waals surface area contributed by atoms with E-state index in [1.807, 2.05) is 6.92 Å². The Bertz CT molecular complexity index is 353. The van der Waals surface area contributed by atoms with Crippen molar-refractivity contribution in [1.29, 1.82) is 0 Å². The highest BCUT2D eigenvalue weighted by Gasteiger charge is 2.32. The Hall–Kier alpha value is -0.870. The number of nitrogens with zero attached hydrogens (tertiary/aromatic N) is 3. The molecule has 4 nitrogen and oxygen atoms in total. The Morgan fingerprint density at radius 1 is 1.50 bits per heavy atom. The van der Waals surface area contributed by atoms with Crippen LogP contribution >= 0.6 is 0 Å². The van der Waals surface area contributed by atoms with Gasteiger partial charge in [0.1, 0.15) is 0 Å². The van der Waals surface area contributed by atoms with Crippen LogP contribution in [0.2, 0.25) is 0 Å². The minimum absolute atomic E-state index is 0.0486. The van der Waals surface area contributed by atoms with Crippen molar-refractivity contribution in [3.63, 3.8) is 0 Å². The zero-order valence-corrected chi connectivity index (χ0v) is 10.6. The summed E-state index contributed by atoms with van der Waals surface area (Å²) in [5, 5.41) is 4.49. The van der Waals surface area contributed by atoms with E-state index in [0.717, 1.165) is 25.3 Å². The zero-order valence-electron chi connectivity index (χ0n) is 10.6. The van der Waals surface area contributed by atoms with Gasteiger partial charge in [0, 0.05) is 32.9 Å². The minimum atomic E-state index is 0.0486. The smallest absolute Gasteiger partial charge is 0.0824 e. The molecule has 0 unspecified atom stereocenters. The summed E-state index contributed by atoms with van der Waals surface area (Å²) in [5.74, 6) is 0. The van der Waals surface area contributed by atoms with Gasteiger partial charge in [-0.05, 0) is 26.8 Å². The fourth-order valence-corrected chi connectivity index (χ4v) is 2.17. The van der Waals surface area contributed by atoms with Crippen LogP contribution in [0.3, 0.4) is 0 Å². The Morgan fingerprint density at radius 2 is 2.19 bits per heavy atom. The molecule has 0 spiro atoms. The summed E-state index contributed by atoms with van der Waals surface area (Å²) >= 11 is 0. The molecular formula is C12H21N3O. The van der Waals surface area contributed by atoms with Crippen LogP contribution in [0, 0.1) is 6.92 Å². The highest BCUT2D eigenvalue weighted by atomic mass is 16.5. The maximum absolute atomic E-state index is 5.28. The van der Waals surface area contributed by atoms with E-state index in [9.17, 15) is 0 Å². The lowest BCUT2D eigenvalue weighted by atomic mass is 10.0. The Balaban J connectivity index is 1.93. The maximum Gasteiger partial charge on any atom is 0.0824 e. The molecule has 1 saturated heterocycles. The molecule has 1 aromatic rings. The Kier molecular flexibility index (Phi) is 3.04. The standard InChI is InChI=1S/C12H21N3O/c1-10-5-6-15(13-10)12(2,3)9-14-7-11(8-14)16-4/h5-6,11H,7-9H2,1-4H3. The second-order valence-electron chi connectivity index (χ2n) is 5.27. The van der Waals surface area contributed by atoms with Gasteiger partial charge in [0.15, 0.2) is 0 Å². The molecule has 0 atom stereocenters. The van der Waals surface area contributed by atoms with Crippen molar-refractivity contribution in [3.8, 4) is 0 Å². The van der Waals surface area contributed by atoms with Crippen LogP contribution in [0.4, 0.5) is 0 Å². The average Bonchev–Trinajstić information content (AvgIpc) is 2.58. The van der Waals surface area contributed by atoms with Crippen molar-refractivity contribution in [2.24, 2.45) is 0 Å². The predicted molar refractivity (Wildman–Crippen MR) is 63.5 cm³/mol. The van der Waals surface area contributed by atoms with Gasteiger partial charge in [-0.2, -0.15) is 5.10 Å². The molecule has 0 bridgehead atoms. The summed E-state index contributed by atoms with van der Waals surface area (Å²) in [5.41, 5.74) is 1.12. The van der Waals surface area contributed by atoms with E-state index in [4.69, 9.17) is 4.74 Å². The van der Waals surface area contributed by atoms with Crippen molar-refractivity contribution in [3.05, 3.63) is 18.0 Å². The summed E-state index contributed by atoms with van der Waals surface area (Å²) in [6, 6.07) is 2.05. The number of rotatable bonds is 4. The molecule has 0 N–H and O–H groups in total. The summed E-state index contributed by atoms with van der Waals surface area (Å²) in [6.07, 6.45) is 2.48. The van der Waals surface area contributed by atoms with Gasteiger partial charge < -0.3 is 4.74 Å². The highest BCUT2D eigenvalue weighted by molar-refractivity contribution is 4.99. The first-order valence-corrected chi connectivity index (χ1v) is 5.79. The van der Waals surface area contributed by atoms with Gasteiger partial charge >= 0.3 is 0 Å². The van der Waals surface area contributed by atoms with E-state index in [1.165, 1.54) is 0 Å².